The Balaban J connectivity index is 1.65. The standard InChI is InChI=1S/C18H24N2O5S/c19-14-7-5-13(6-8-14)18(22)25-11-17(21)20(15-3-1-2-4-15)16-9-10-26(23,24)12-16/h5-8,15-16H,1-4,9-12,19H2/t16-/m1/s1. The first-order valence-corrected chi connectivity index (χ1v) is 10.7. The molecule has 0 radical (unpaired) electrons. The summed E-state index contributed by atoms with van der Waals surface area (Å²) in [5.41, 5.74) is 6.45. The van der Waals surface area contributed by atoms with E-state index in [4.69, 9.17) is 10.5 Å². The van der Waals surface area contributed by atoms with Gasteiger partial charge >= 0.3 is 5.97 Å². The van der Waals surface area contributed by atoms with Gasteiger partial charge in [-0.3, -0.25) is 4.79 Å². The first-order chi connectivity index (χ1) is 12.4. The van der Waals surface area contributed by atoms with Crippen molar-refractivity contribution in [2.45, 2.75) is 44.2 Å². The van der Waals surface area contributed by atoms with Gasteiger partial charge in [-0.15, -0.1) is 0 Å². The van der Waals surface area contributed by atoms with Crippen LogP contribution in [0.25, 0.3) is 0 Å². The smallest absolute Gasteiger partial charge is 0.338 e. The molecule has 1 aromatic rings. The van der Waals surface area contributed by atoms with E-state index < -0.39 is 15.8 Å². The van der Waals surface area contributed by atoms with Crippen LogP contribution in [0.3, 0.4) is 0 Å². The third-order valence-electron chi connectivity index (χ3n) is 5.08. The second kappa shape index (κ2) is 7.65. The van der Waals surface area contributed by atoms with Gasteiger partial charge in [0.05, 0.1) is 17.1 Å². The van der Waals surface area contributed by atoms with Crippen molar-refractivity contribution in [2.75, 3.05) is 23.8 Å². The molecule has 1 heterocycles. The van der Waals surface area contributed by atoms with E-state index in [1.165, 1.54) is 0 Å². The van der Waals surface area contributed by atoms with Crippen molar-refractivity contribution in [2.24, 2.45) is 0 Å². The number of nitrogens with two attached hydrogens (primary N) is 1. The molecular weight excluding hydrogens is 356 g/mol. The molecule has 1 aliphatic heterocycles. The van der Waals surface area contributed by atoms with E-state index in [2.05, 4.69) is 0 Å². The SMILES string of the molecule is Nc1ccc(C(=O)OCC(=O)N(C2CCCC2)[C@@H]2CCS(=O)(=O)C2)cc1. The van der Waals surface area contributed by atoms with Crippen LogP contribution >= 0.6 is 0 Å². The van der Waals surface area contributed by atoms with Gasteiger partial charge in [-0.25, -0.2) is 13.2 Å². The highest BCUT2D eigenvalue weighted by Gasteiger charge is 2.39. The molecule has 1 aromatic carbocycles. The molecule has 1 atom stereocenters. The number of benzene rings is 1. The number of hydrogen-bond acceptors (Lipinski definition) is 6. The summed E-state index contributed by atoms with van der Waals surface area (Å²) in [6.07, 6.45) is 4.25. The number of esters is 1. The zero-order valence-corrected chi connectivity index (χ0v) is 15.4. The molecule has 1 aliphatic carbocycles. The first-order valence-electron chi connectivity index (χ1n) is 8.90. The minimum absolute atomic E-state index is 0.00114. The third kappa shape index (κ3) is 4.35. The van der Waals surface area contributed by atoms with Crippen LogP contribution in [-0.2, 0) is 19.4 Å². The predicted octanol–water partition coefficient (Wildman–Crippen LogP) is 1.38. The largest absolute Gasteiger partial charge is 0.452 e. The van der Waals surface area contributed by atoms with Crippen LogP contribution in [0, 0.1) is 0 Å². The molecule has 1 saturated carbocycles. The molecule has 3 rings (SSSR count). The van der Waals surface area contributed by atoms with Gasteiger partial charge in [0.15, 0.2) is 16.4 Å². The number of ether oxygens (including phenoxy) is 1. The summed E-state index contributed by atoms with van der Waals surface area (Å²) in [5.74, 6) is -0.799. The monoisotopic (exact) mass is 380 g/mol. The van der Waals surface area contributed by atoms with Crippen molar-refractivity contribution in [3.8, 4) is 0 Å². The van der Waals surface area contributed by atoms with E-state index in [1.807, 2.05) is 0 Å². The highest BCUT2D eigenvalue weighted by molar-refractivity contribution is 7.91. The summed E-state index contributed by atoms with van der Waals surface area (Å²) in [5, 5.41) is 0. The van der Waals surface area contributed by atoms with E-state index in [0.717, 1.165) is 25.7 Å². The van der Waals surface area contributed by atoms with Gasteiger partial charge in [-0.2, -0.15) is 0 Å². The van der Waals surface area contributed by atoms with Crippen LogP contribution in [0.15, 0.2) is 24.3 Å². The Labute approximate surface area is 153 Å². The Kier molecular flexibility index (Phi) is 5.50. The van der Waals surface area contributed by atoms with Crippen molar-refractivity contribution >= 4 is 27.4 Å². The molecule has 1 amide bonds. The number of carbonyl (C=O) groups is 2. The van der Waals surface area contributed by atoms with E-state index in [-0.39, 0.29) is 36.1 Å². The molecule has 8 heteroatoms. The average Bonchev–Trinajstić information content (AvgIpc) is 3.24. The lowest BCUT2D eigenvalue weighted by Gasteiger charge is -2.33. The number of sulfone groups is 1. The maximum absolute atomic E-state index is 12.8. The Morgan fingerprint density at radius 1 is 1.08 bits per heavy atom. The number of rotatable bonds is 5. The highest BCUT2D eigenvalue weighted by atomic mass is 32.2. The van der Waals surface area contributed by atoms with Gasteiger partial charge in [0, 0.05) is 17.8 Å². The zero-order chi connectivity index (χ0) is 18.7. The second-order valence-electron chi connectivity index (χ2n) is 6.99. The normalized spacial score (nSPS) is 22.2. The number of nitrogen functional groups attached to an aromatic ring is 1. The Morgan fingerprint density at radius 3 is 2.31 bits per heavy atom. The summed E-state index contributed by atoms with van der Waals surface area (Å²) in [6.45, 7) is -0.379. The molecule has 7 nitrogen and oxygen atoms in total. The van der Waals surface area contributed by atoms with Crippen LogP contribution in [0.4, 0.5) is 5.69 Å². The van der Waals surface area contributed by atoms with Gasteiger partial charge in [-0.1, -0.05) is 12.8 Å². The van der Waals surface area contributed by atoms with E-state index in [1.54, 1.807) is 29.2 Å². The van der Waals surface area contributed by atoms with E-state index in [9.17, 15) is 18.0 Å². The molecule has 0 aromatic heterocycles. The number of amides is 1. The first kappa shape index (κ1) is 18.7. The fraction of sp³-hybridized carbons (Fsp3) is 0.556. The Bertz CT molecular complexity index is 769. The third-order valence-corrected chi connectivity index (χ3v) is 6.83. The molecule has 1 saturated heterocycles. The van der Waals surface area contributed by atoms with Crippen molar-refractivity contribution < 1.29 is 22.7 Å². The average molecular weight is 380 g/mol. The maximum atomic E-state index is 12.8. The molecule has 0 spiro atoms. The summed E-state index contributed by atoms with van der Waals surface area (Å²) < 4.78 is 28.8. The highest BCUT2D eigenvalue weighted by Crippen LogP contribution is 2.29. The van der Waals surface area contributed by atoms with Crippen LogP contribution in [0.5, 0.6) is 0 Å². The van der Waals surface area contributed by atoms with Gasteiger partial charge in [-0.05, 0) is 43.5 Å². The Morgan fingerprint density at radius 2 is 1.73 bits per heavy atom. The summed E-state index contributed by atoms with van der Waals surface area (Å²) >= 11 is 0. The summed E-state index contributed by atoms with van der Waals surface area (Å²) in [7, 11) is -3.10. The minimum atomic E-state index is -3.10. The number of carbonyl (C=O) groups excluding carboxylic acids is 2. The lowest BCUT2D eigenvalue weighted by Crippen LogP contribution is -2.48. The van der Waals surface area contributed by atoms with Crippen LogP contribution in [-0.4, -0.2) is 55.4 Å². The van der Waals surface area contributed by atoms with Gasteiger partial charge in [0.25, 0.3) is 5.91 Å². The topological polar surface area (TPSA) is 107 Å². The van der Waals surface area contributed by atoms with Crippen LogP contribution in [0.1, 0.15) is 42.5 Å². The molecule has 2 aliphatic rings. The fourth-order valence-corrected chi connectivity index (χ4v) is 5.50. The van der Waals surface area contributed by atoms with Gasteiger partial charge in [0.1, 0.15) is 0 Å². The van der Waals surface area contributed by atoms with E-state index in [0.29, 0.717) is 17.7 Å². The van der Waals surface area contributed by atoms with Crippen molar-refractivity contribution in [1.29, 1.82) is 0 Å². The lowest BCUT2D eigenvalue weighted by molar-refractivity contribution is -0.139. The molecular formula is C18H24N2O5S. The zero-order valence-electron chi connectivity index (χ0n) is 14.6. The number of nitrogens with zero attached hydrogens (tertiary/aromatic N) is 1. The van der Waals surface area contributed by atoms with E-state index >= 15 is 0 Å². The molecule has 2 N–H and O–H groups in total. The van der Waals surface area contributed by atoms with Crippen molar-refractivity contribution in [3.63, 3.8) is 0 Å². The van der Waals surface area contributed by atoms with Crippen molar-refractivity contribution in [1.82, 2.24) is 4.90 Å². The maximum Gasteiger partial charge on any atom is 0.338 e. The fourth-order valence-electron chi connectivity index (χ4n) is 3.79. The second-order valence-corrected chi connectivity index (χ2v) is 9.22. The van der Waals surface area contributed by atoms with Crippen molar-refractivity contribution in [3.05, 3.63) is 29.8 Å². The molecule has 26 heavy (non-hydrogen) atoms. The molecule has 0 bridgehead atoms. The summed E-state index contributed by atoms with van der Waals surface area (Å²) in [4.78, 5) is 26.5. The Hall–Kier alpha value is -2.09. The lowest BCUT2D eigenvalue weighted by atomic mass is 10.1. The minimum Gasteiger partial charge on any atom is -0.452 e. The van der Waals surface area contributed by atoms with Crippen LogP contribution < -0.4 is 5.73 Å². The molecule has 142 valence electrons. The summed E-state index contributed by atoms with van der Waals surface area (Å²) in [6, 6.07) is 5.99. The predicted molar refractivity (Wildman–Crippen MR) is 97.3 cm³/mol. The quantitative estimate of drug-likeness (QED) is 0.611. The molecule has 0 unspecified atom stereocenters. The van der Waals surface area contributed by atoms with Crippen LogP contribution in [0.2, 0.25) is 0 Å². The van der Waals surface area contributed by atoms with Gasteiger partial charge in [0.2, 0.25) is 0 Å². The molecule has 2 fully saturated rings. The van der Waals surface area contributed by atoms with Gasteiger partial charge < -0.3 is 15.4 Å². The number of hydrogen-bond donors (Lipinski definition) is 1. The number of anilines is 1.